The number of likely N-dealkylation sites (tertiary alicyclic amines) is 1. The first kappa shape index (κ1) is 21.9. The molecule has 3 heterocycles. The minimum absolute atomic E-state index is 0.219. The fraction of sp³-hybridized carbons (Fsp3) is 0.739. The van der Waals surface area contributed by atoms with E-state index >= 15 is 0 Å². The molecule has 29 heavy (non-hydrogen) atoms. The first-order valence-corrected chi connectivity index (χ1v) is 11.2. The molecule has 0 radical (unpaired) electrons. The van der Waals surface area contributed by atoms with Gasteiger partial charge in [0.2, 0.25) is 0 Å². The molecule has 0 aromatic carbocycles. The van der Waals surface area contributed by atoms with E-state index in [0.717, 1.165) is 25.5 Å². The summed E-state index contributed by atoms with van der Waals surface area (Å²) >= 11 is 0. The van der Waals surface area contributed by atoms with Gasteiger partial charge in [0, 0.05) is 45.0 Å². The highest BCUT2D eigenvalue weighted by molar-refractivity contribution is 5.68. The van der Waals surface area contributed by atoms with Crippen molar-refractivity contribution in [2.24, 2.45) is 5.92 Å². The molecule has 0 unspecified atom stereocenters. The van der Waals surface area contributed by atoms with Gasteiger partial charge in [0.25, 0.3) is 0 Å². The molecule has 0 spiro atoms. The number of carbonyl (C=O) groups is 1. The van der Waals surface area contributed by atoms with Crippen LogP contribution in [-0.4, -0.2) is 65.7 Å². The molecule has 2 saturated heterocycles. The van der Waals surface area contributed by atoms with Gasteiger partial charge in [0.15, 0.2) is 0 Å². The van der Waals surface area contributed by atoms with Crippen LogP contribution < -0.4 is 4.90 Å². The lowest BCUT2D eigenvalue weighted by molar-refractivity contribution is 0.0240. The van der Waals surface area contributed by atoms with Crippen molar-refractivity contribution in [2.45, 2.75) is 65.5 Å². The Morgan fingerprint density at radius 2 is 1.86 bits per heavy atom. The van der Waals surface area contributed by atoms with Crippen LogP contribution in [0.15, 0.2) is 18.3 Å². The van der Waals surface area contributed by atoms with Gasteiger partial charge in [0.1, 0.15) is 11.4 Å². The zero-order chi connectivity index (χ0) is 21.0. The van der Waals surface area contributed by atoms with Crippen molar-refractivity contribution in [3.05, 3.63) is 23.9 Å². The van der Waals surface area contributed by atoms with E-state index in [0.29, 0.717) is 25.0 Å². The molecule has 1 aromatic heterocycles. The van der Waals surface area contributed by atoms with Crippen LogP contribution in [0.5, 0.6) is 0 Å². The molecule has 2 aliphatic rings. The second-order valence-electron chi connectivity index (χ2n) is 9.80. The van der Waals surface area contributed by atoms with Crippen LogP contribution in [0, 0.1) is 5.92 Å². The number of anilines is 1. The smallest absolute Gasteiger partial charge is 0.410 e. The number of carbonyl (C=O) groups excluding carboxylic acids is 1. The van der Waals surface area contributed by atoms with Crippen molar-refractivity contribution in [1.29, 1.82) is 0 Å². The van der Waals surface area contributed by atoms with E-state index in [1.807, 2.05) is 20.8 Å². The number of nitrogens with zero attached hydrogens (tertiary/aromatic N) is 4. The molecule has 6 heteroatoms. The average molecular weight is 403 g/mol. The number of ether oxygens (including phenoxy) is 1. The summed E-state index contributed by atoms with van der Waals surface area (Å²) in [6, 6.07) is 4.91. The summed E-state index contributed by atoms with van der Waals surface area (Å²) in [5.74, 6) is 1.69. The van der Waals surface area contributed by atoms with Gasteiger partial charge in [-0.3, -0.25) is 4.90 Å². The number of aromatic nitrogens is 1. The molecular formula is C23H38N4O2. The Morgan fingerprint density at radius 3 is 2.45 bits per heavy atom. The van der Waals surface area contributed by atoms with Gasteiger partial charge in [-0.25, -0.2) is 9.78 Å². The summed E-state index contributed by atoms with van der Waals surface area (Å²) in [5, 5.41) is 0. The van der Waals surface area contributed by atoms with Gasteiger partial charge in [-0.1, -0.05) is 26.3 Å². The van der Waals surface area contributed by atoms with Crippen LogP contribution >= 0.6 is 0 Å². The average Bonchev–Trinajstić information content (AvgIpc) is 2.67. The number of pyridine rings is 1. The molecule has 1 amide bonds. The third-order valence-electron chi connectivity index (χ3n) is 5.62. The van der Waals surface area contributed by atoms with E-state index in [1.54, 1.807) is 4.90 Å². The van der Waals surface area contributed by atoms with E-state index in [-0.39, 0.29) is 6.09 Å². The zero-order valence-corrected chi connectivity index (χ0v) is 18.9. The Balaban J connectivity index is 1.57. The molecule has 2 aliphatic heterocycles. The summed E-state index contributed by atoms with van der Waals surface area (Å²) in [4.78, 5) is 23.7. The lowest BCUT2D eigenvalue weighted by atomic mass is 9.95. The second-order valence-corrected chi connectivity index (χ2v) is 9.80. The normalized spacial score (nSPS) is 21.5. The molecule has 1 atom stereocenters. The Labute approximate surface area is 176 Å². The summed E-state index contributed by atoms with van der Waals surface area (Å²) < 4.78 is 5.49. The summed E-state index contributed by atoms with van der Waals surface area (Å²) in [5.41, 5.74) is 0.884. The SMILES string of the molecule is CC(C)CN1CCCC[C@@H]1c1ccc(N2CCN(C(=O)OC(C)(C)C)CC2)nc1. The standard InChI is InChI=1S/C23H38N4O2/c1-18(2)17-27-11-7-6-8-20(27)19-9-10-21(24-16-19)25-12-14-26(15-13-25)22(28)29-23(3,4)5/h9-10,16,18,20H,6-8,11-15,17H2,1-5H3/t20-/m1/s1. The highest BCUT2D eigenvalue weighted by atomic mass is 16.6. The van der Waals surface area contributed by atoms with E-state index in [2.05, 4.69) is 42.0 Å². The van der Waals surface area contributed by atoms with Crippen molar-refractivity contribution in [3.8, 4) is 0 Å². The van der Waals surface area contributed by atoms with E-state index < -0.39 is 5.60 Å². The van der Waals surface area contributed by atoms with E-state index in [4.69, 9.17) is 9.72 Å². The predicted octanol–water partition coefficient (Wildman–Crippen LogP) is 4.32. The van der Waals surface area contributed by atoms with Gasteiger partial charge in [0.05, 0.1) is 0 Å². The molecule has 0 N–H and O–H groups in total. The van der Waals surface area contributed by atoms with Crippen molar-refractivity contribution in [3.63, 3.8) is 0 Å². The Morgan fingerprint density at radius 1 is 1.14 bits per heavy atom. The molecule has 6 nitrogen and oxygen atoms in total. The molecule has 162 valence electrons. The monoisotopic (exact) mass is 402 g/mol. The highest BCUT2D eigenvalue weighted by Gasteiger charge is 2.27. The largest absolute Gasteiger partial charge is 0.444 e. The Hall–Kier alpha value is -1.82. The third-order valence-corrected chi connectivity index (χ3v) is 5.62. The second kappa shape index (κ2) is 9.33. The first-order chi connectivity index (χ1) is 13.7. The predicted molar refractivity (Wildman–Crippen MR) is 117 cm³/mol. The van der Waals surface area contributed by atoms with E-state index in [1.165, 1.54) is 31.4 Å². The first-order valence-electron chi connectivity index (χ1n) is 11.2. The fourth-order valence-electron chi connectivity index (χ4n) is 4.28. The van der Waals surface area contributed by atoms with Gasteiger partial charge in [-0.2, -0.15) is 0 Å². The van der Waals surface area contributed by atoms with Gasteiger partial charge in [-0.05, 0) is 57.7 Å². The van der Waals surface area contributed by atoms with Crippen LogP contribution in [0.25, 0.3) is 0 Å². The number of rotatable bonds is 4. The van der Waals surface area contributed by atoms with Crippen LogP contribution in [0.1, 0.15) is 65.5 Å². The lowest BCUT2D eigenvalue weighted by Crippen LogP contribution is -2.50. The van der Waals surface area contributed by atoms with Crippen molar-refractivity contribution >= 4 is 11.9 Å². The van der Waals surface area contributed by atoms with Crippen LogP contribution in [-0.2, 0) is 4.74 Å². The maximum atomic E-state index is 12.2. The summed E-state index contributed by atoms with van der Waals surface area (Å²) in [6.07, 6.45) is 5.67. The van der Waals surface area contributed by atoms with Crippen molar-refractivity contribution in [1.82, 2.24) is 14.8 Å². The molecule has 0 saturated carbocycles. The molecule has 3 rings (SSSR count). The topological polar surface area (TPSA) is 48.9 Å². The van der Waals surface area contributed by atoms with Crippen molar-refractivity contribution < 1.29 is 9.53 Å². The summed E-state index contributed by atoms with van der Waals surface area (Å²) in [7, 11) is 0. The van der Waals surface area contributed by atoms with Gasteiger partial charge < -0.3 is 14.5 Å². The molecule has 2 fully saturated rings. The zero-order valence-electron chi connectivity index (χ0n) is 18.9. The molecule has 0 bridgehead atoms. The highest BCUT2D eigenvalue weighted by Crippen LogP contribution is 2.31. The minimum atomic E-state index is -0.450. The van der Waals surface area contributed by atoms with E-state index in [9.17, 15) is 4.79 Å². The number of hydrogen-bond acceptors (Lipinski definition) is 5. The van der Waals surface area contributed by atoms with Crippen LogP contribution in [0.4, 0.5) is 10.6 Å². The van der Waals surface area contributed by atoms with Crippen LogP contribution in [0.3, 0.4) is 0 Å². The van der Waals surface area contributed by atoms with Gasteiger partial charge >= 0.3 is 6.09 Å². The number of piperazine rings is 1. The third kappa shape index (κ3) is 6.08. The molecule has 0 aliphatic carbocycles. The Bertz CT molecular complexity index is 660. The summed E-state index contributed by atoms with van der Waals surface area (Å²) in [6.45, 7) is 15.6. The maximum Gasteiger partial charge on any atom is 0.410 e. The van der Waals surface area contributed by atoms with Gasteiger partial charge in [-0.15, -0.1) is 0 Å². The van der Waals surface area contributed by atoms with Crippen molar-refractivity contribution in [2.75, 3.05) is 44.2 Å². The molecule has 1 aromatic rings. The number of hydrogen-bond donors (Lipinski definition) is 0. The Kier molecular flexibility index (Phi) is 7.04. The number of amides is 1. The lowest BCUT2D eigenvalue weighted by Gasteiger charge is -2.38. The fourth-order valence-corrected chi connectivity index (χ4v) is 4.28. The molecular weight excluding hydrogens is 364 g/mol. The minimum Gasteiger partial charge on any atom is -0.444 e. The maximum absolute atomic E-state index is 12.2. The van der Waals surface area contributed by atoms with Crippen LogP contribution in [0.2, 0.25) is 0 Å². The quantitative estimate of drug-likeness (QED) is 0.751. The number of piperidine rings is 1.